The quantitative estimate of drug-likeness (QED) is 0.916. The van der Waals surface area contributed by atoms with Crippen molar-refractivity contribution in [2.75, 3.05) is 6.54 Å². The first kappa shape index (κ1) is 14.4. The number of hydrogen-bond donors (Lipinski definition) is 1. The SMILES string of the molecule is CC1(C)CCN(C(=O)OCc2ccccc2)C1C(N)=O. The summed E-state index contributed by atoms with van der Waals surface area (Å²) in [6.45, 7) is 4.57. The number of carbonyl (C=O) groups is 2. The van der Waals surface area contributed by atoms with Crippen LogP contribution in [0.3, 0.4) is 0 Å². The van der Waals surface area contributed by atoms with Gasteiger partial charge in [-0.15, -0.1) is 0 Å². The molecule has 0 spiro atoms. The third-order valence-corrected chi connectivity index (χ3v) is 3.76. The van der Waals surface area contributed by atoms with Gasteiger partial charge in [0.2, 0.25) is 5.91 Å². The average Bonchev–Trinajstić information content (AvgIpc) is 2.73. The molecule has 0 radical (unpaired) electrons. The number of nitrogens with two attached hydrogens (primary N) is 1. The van der Waals surface area contributed by atoms with Crippen molar-refractivity contribution in [3.63, 3.8) is 0 Å². The Bertz CT molecular complexity index is 499. The Labute approximate surface area is 118 Å². The van der Waals surface area contributed by atoms with Crippen LogP contribution in [0.25, 0.3) is 0 Å². The predicted molar refractivity (Wildman–Crippen MR) is 74.7 cm³/mol. The number of likely N-dealkylation sites (tertiary alicyclic amines) is 1. The lowest BCUT2D eigenvalue weighted by atomic mass is 9.84. The van der Waals surface area contributed by atoms with Gasteiger partial charge in [-0.05, 0) is 17.4 Å². The number of nitrogens with zero attached hydrogens (tertiary/aromatic N) is 1. The Morgan fingerprint density at radius 1 is 1.35 bits per heavy atom. The van der Waals surface area contributed by atoms with Crippen LogP contribution in [-0.4, -0.2) is 29.5 Å². The van der Waals surface area contributed by atoms with Gasteiger partial charge in [0.15, 0.2) is 0 Å². The molecule has 1 atom stereocenters. The molecular weight excluding hydrogens is 256 g/mol. The number of amides is 2. The zero-order valence-corrected chi connectivity index (χ0v) is 11.8. The molecule has 0 aliphatic carbocycles. The maximum absolute atomic E-state index is 12.1. The monoisotopic (exact) mass is 276 g/mol. The van der Waals surface area contributed by atoms with Gasteiger partial charge in [-0.2, -0.15) is 0 Å². The van der Waals surface area contributed by atoms with Crippen LogP contribution < -0.4 is 5.73 Å². The van der Waals surface area contributed by atoms with Gasteiger partial charge in [0.1, 0.15) is 12.6 Å². The van der Waals surface area contributed by atoms with Crippen LogP contribution in [0.15, 0.2) is 30.3 Å². The Hall–Kier alpha value is -2.04. The fourth-order valence-electron chi connectivity index (χ4n) is 2.63. The van der Waals surface area contributed by atoms with Crippen LogP contribution in [0.1, 0.15) is 25.8 Å². The summed E-state index contributed by atoms with van der Waals surface area (Å²) in [5.74, 6) is -0.482. The summed E-state index contributed by atoms with van der Waals surface area (Å²) in [4.78, 5) is 25.1. The zero-order chi connectivity index (χ0) is 14.8. The van der Waals surface area contributed by atoms with Crippen molar-refractivity contribution in [1.29, 1.82) is 0 Å². The van der Waals surface area contributed by atoms with Crippen LogP contribution in [0.2, 0.25) is 0 Å². The van der Waals surface area contributed by atoms with Crippen molar-refractivity contribution in [3.8, 4) is 0 Å². The average molecular weight is 276 g/mol. The molecule has 108 valence electrons. The van der Waals surface area contributed by atoms with Crippen LogP contribution >= 0.6 is 0 Å². The highest BCUT2D eigenvalue weighted by Crippen LogP contribution is 2.36. The van der Waals surface area contributed by atoms with E-state index in [9.17, 15) is 9.59 Å². The Morgan fingerprint density at radius 3 is 2.60 bits per heavy atom. The van der Waals surface area contributed by atoms with Gasteiger partial charge in [0.25, 0.3) is 0 Å². The number of primary amides is 1. The largest absolute Gasteiger partial charge is 0.445 e. The molecule has 1 aromatic carbocycles. The molecule has 5 nitrogen and oxygen atoms in total. The third-order valence-electron chi connectivity index (χ3n) is 3.76. The van der Waals surface area contributed by atoms with Crippen molar-refractivity contribution >= 4 is 12.0 Å². The maximum Gasteiger partial charge on any atom is 0.410 e. The molecule has 2 N–H and O–H groups in total. The van der Waals surface area contributed by atoms with E-state index in [4.69, 9.17) is 10.5 Å². The minimum absolute atomic E-state index is 0.197. The molecule has 0 saturated carbocycles. The smallest absolute Gasteiger partial charge is 0.410 e. The van der Waals surface area contributed by atoms with Gasteiger partial charge in [-0.25, -0.2) is 4.79 Å². The maximum atomic E-state index is 12.1. The fraction of sp³-hybridized carbons (Fsp3) is 0.467. The number of ether oxygens (including phenoxy) is 1. The summed E-state index contributed by atoms with van der Waals surface area (Å²) in [7, 11) is 0. The number of rotatable bonds is 3. The molecule has 1 fully saturated rings. The van der Waals surface area contributed by atoms with Crippen molar-refractivity contribution in [2.45, 2.75) is 32.9 Å². The first-order chi connectivity index (χ1) is 9.42. The van der Waals surface area contributed by atoms with Crippen molar-refractivity contribution in [2.24, 2.45) is 11.1 Å². The molecule has 1 aromatic rings. The molecule has 2 amide bonds. The summed E-state index contributed by atoms with van der Waals surface area (Å²) < 4.78 is 5.26. The first-order valence-corrected chi connectivity index (χ1v) is 6.68. The lowest BCUT2D eigenvalue weighted by Crippen LogP contribution is -2.49. The molecule has 1 aliphatic heterocycles. The molecular formula is C15H20N2O3. The normalized spacial score (nSPS) is 20.7. The van der Waals surface area contributed by atoms with Crippen molar-refractivity contribution in [1.82, 2.24) is 4.90 Å². The van der Waals surface area contributed by atoms with Crippen molar-refractivity contribution in [3.05, 3.63) is 35.9 Å². The van der Waals surface area contributed by atoms with E-state index in [1.165, 1.54) is 4.90 Å². The second-order valence-electron chi connectivity index (χ2n) is 5.78. The Balaban J connectivity index is 2.00. The van der Waals surface area contributed by atoms with E-state index in [0.717, 1.165) is 12.0 Å². The number of benzene rings is 1. The van der Waals surface area contributed by atoms with Crippen LogP contribution in [0.4, 0.5) is 4.79 Å². The van der Waals surface area contributed by atoms with Gasteiger partial charge in [-0.3, -0.25) is 9.69 Å². The van der Waals surface area contributed by atoms with Crippen molar-refractivity contribution < 1.29 is 14.3 Å². The van der Waals surface area contributed by atoms with E-state index >= 15 is 0 Å². The van der Waals surface area contributed by atoms with E-state index in [1.54, 1.807) is 0 Å². The van der Waals surface area contributed by atoms with Gasteiger partial charge >= 0.3 is 6.09 Å². The molecule has 1 saturated heterocycles. The van der Waals surface area contributed by atoms with Gasteiger partial charge in [0, 0.05) is 6.54 Å². The lowest BCUT2D eigenvalue weighted by Gasteiger charge is -2.29. The summed E-state index contributed by atoms with van der Waals surface area (Å²) in [5.41, 5.74) is 6.02. The topological polar surface area (TPSA) is 72.6 Å². The summed E-state index contributed by atoms with van der Waals surface area (Å²) in [6, 6.07) is 8.82. The highest BCUT2D eigenvalue weighted by molar-refractivity contribution is 5.85. The van der Waals surface area contributed by atoms with Crippen LogP contribution in [-0.2, 0) is 16.1 Å². The van der Waals surface area contributed by atoms with E-state index in [2.05, 4.69) is 0 Å². The molecule has 20 heavy (non-hydrogen) atoms. The minimum Gasteiger partial charge on any atom is -0.445 e. The molecule has 2 rings (SSSR count). The lowest BCUT2D eigenvalue weighted by molar-refractivity contribution is -0.124. The zero-order valence-electron chi connectivity index (χ0n) is 11.8. The number of carbonyl (C=O) groups excluding carboxylic acids is 2. The molecule has 0 bridgehead atoms. The second-order valence-corrected chi connectivity index (χ2v) is 5.78. The summed E-state index contributed by atoms with van der Waals surface area (Å²) in [5, 5.41) is 0. The Morgan fingerprint density at radius 2 is 2.00 bits per heavy atom. The van der Waals surface area contributed by atoms with Crippen LogP contribution in [0.5, 0.6) is 0 Å². The van der Waals surface area contributed by atoms with Gasteiger partial charge < -0.3 is 10.5 Å². The van der Waals surface area contributed by atoms with E-state index < -0.39 is 18.0 Å². The molecule has 5 heteroatoms. The van der Waals surface area contributed by atoms with Crippen LogP contribution in [0, 0.1) is 5.41 Å². The molecule has 1 unspecified atom stereocenters. The standard InChI is InChI=1S/C15H20N2O3/c1-15(2)8-9-17(12(15)13(16)18)14(19)20-10-11-6-4-3-5-7-11/h3-7,12H,8-10H2,1-2H3,(H2,16,18). The minimum atomic E-state index is -0.606. The predicted octanol–water partition coefficient (Wildman–Crippen LogP) is 1.91. The third kappa shape index (κ3) is 2.92. The Kier molecular flexibility index (Phi) is 3.97. The highest BCUT2D eigenvalue weighted by atomic mass is 16.6. The second kappa shape index (κ2) is 5.53. The van der Waals surface area contributed by atoms with E-state index in [1.807, 2.05) is 44.2 Å². The molecule has 1 aliphatic rings. The van der Waals surface area contributed by atoms with Gasteiger partial charge in [0.05, 0.1) is 0 Å². The highest BCUT2D eigenvalue weighted by Gasteiger charge is 2.46. The molecule has 1 heterocycles. The fourth-order valence-corrected chi connectivity index (χ4v) is 2.63. The van der Waals surface area contributed by atoms with Gasteiger partial charge in [-0.1, -0.05) is 44.2 Å². The first-order valence-electron chi connectivity index (χ1n) is 6.68. The number of hydrogen-bond acceptors (Lipinski definition) is 3. The molecule has 0 aromatic heterocycles. The van der Waals surface area contributed by atoms with E-state index in [-0.39, 0.29) is 12.0 Å². The van der Waals surface area contributed by atoms with E-state index in [0.29, 0.717) is 6.54 Å². The summed E-state index contributed by atoms with van der Waals surface area (Å²) in [6.07, 6.45) is 0.254. The summed E-state index contributed by atoms with van der Waals surface area (Å²) >= 11 is 0.